The van der Waals surface area contributed by atoms with Crippen LogP contribution in [0.3, 0.4) is 0 Å². The number of carbonyl (C=O) groups is 1. The first-order chi connectivity index (χ1) is 8.16. The molecule has 2 rings (SSSR count). The van der Waals surface area contributed by atoms with Crippen LogP contribution in [0, 0.1) is 5.82 Å². The van der Waals surface area contributed by atoms with Gasteiger partial charge in [-0.05, 0) is 37.1 Å². The lowest BCUT2D eigenvalue weighted by atomic mass is 10.2. The Hall–Kier alpha value is -0.840. The van der Waals surface area contributed by atoms with Crippen molar-refractivity contribution in [1.82, 2.24) is 10.6 Å². The fraction of sp³-hybridized carbons (Fsp3) is 0.417. The van der Waals surface area contributed by atoms with E-state index in [9.17, 15) is 9.18 Å². The fourth-order valence-electron chi connectivity index (χ4n) is 1.87. The largest absolute Gasteiger partial charge is 0.351 e. The lowest BCUT2D eigenvalue weighted by Crippen LogP contribution is -2.39. The molecule has 1 saturated heterocycles. The molecule has 0 spiro atoms. The van der Waals surface area contributed by atoms with Crippen molar-refractivity contribution in [2.45, 2.75) is 25.4 Å². The Morgan fingerprint density at radius 2 is 2.33 bits per heavy atom. The number of hydrogen-bond acceptors (Lipinski definition) is 2. The second-order valence-electron chi connectivity index (χ2n) is 4.12. The Kier molecular flexibility index (Phi) is 5.85. The molecule has 2 N–H and O–H groups in total. The van der Waals surface area contributed by atoms with Crippen molar-refractivity contribution >= 4 is 29.9 Å². The summed E-state index contributed by atoms with van der Waals surface area (Å²) in [5.41, 5.74) is 0.794. The van der Waals surface area contributed by atoms with Crippen LogP contribution in [0.5, 0.6) is 0 Å². The zero-order valence-electron chi connectivity index (χ0n) is 9.71. The summed E-state index contributed by atoms with van der Waals surface area (Å²) in [5, 5.41) is 6.00. The van der Waals surface area contributed by atoms with Crippen molar-refractivity contribution in [3.05, 3.63) is 34.6 Å². The van der Waals surface area contributed by atoms with Gasteiger partial charge < -0.3 is 10.6 Å². The normalized spacial score (nSPS) is 18.2. The van der Waals surface area contributed by atoms with Crippen molar-refractivity contribution in [3.63, 3.8) is 0 Å². The molecule has 0 saturated carbocycles. The summed E-state index contributed by atoms with van der Waals surface area (Å²) in [6.45, 7) is 1.26. The predicted molar refractivity (Wildman–Crippen MR) is 71.5 cm³/mol. The zero-order valence-corrected chi connectivity index (χ0v) is 11.3. The highest BCUT2D eigenvalue weighted by Crippen LogP contribution is 2.16. The third kappa shape index (κ3) is 3.83. The van der Waals surface area contributed by atoms with E-state index >= 15 is 0 Å². The Morgan fingerprint density at radius 3 is 2.94 bits per heavy atom. The average molecular weight is 293 g/mol. The molecule has 3 nitrogen and oxygen atoms in total. The molecule has 1 heterocycles. The molecule has 100 valence electrons. The van der Waals surface area contributed by atoms with Gasteiger partial charge in [0.15, 0.2) is 0 Å². The van der Waals surface area contributed by atoms with E-state index < -0.39 is 5.82 Å². The van der Waals surface area contributed by atoms with Crippen LogP contribution in [0.4, 0.5) is 4.39 Å². The summed E-state index contributed by atoms with van der Waals surface area (Å²) in [6.07, 6.45) is 1.90. The Labute approximate surface area is 116 Å². The second kappa shape index (κ2) is 6.92. The molecule has 1 fully saturated rings. The van der Waals surface area contributed by atoms with E-state index in [1.165, 1.54) is 12.1 Å². The van der Waals surface area contributed by atoms with E-state index in [2.05, 4.69) is 10.6 Å². The fourth-order valence-corrected chi connectivity index (χ4v) is 2.07. The summed E-state index contributed by atoms with van der Waals surface area (Å²) in [4.78, 5) is 11.7. The van der Waals surface area contributed by atoms with Crippen LogP contribution in [0.25, 0.3) is 0 Å². The Balaban J connectivity index is 0.00000162. The molecular formula is C12H15Cl2FN2O. The zero-order chi connectivity index (χ0) is 12.3. The van der Waals surface area contributed by atoms with Gasteiger partial charge in [0.05, 0.1) is 11.1 Å². The molecule has 1 aliphatic heterocycles. The molecule has 18 heavy (non-hydrogen) atoms. The first-order valence-corrected chi connectivity index (χ1v) is 5.99. The molecule has 1 aromatic carbocycles. The molecule has 0 bridgehead atoms. The first-order valence-electron chi connectivity index (χ1n) is 5.62. The SMILES string of the molecule is Cl.O=C(NCc1ccc(F)c(Cl)c1)C1CCCN1. The van der Waals surface area contributed by atoms with Gasteiger partial charge >= 0.3 is 0 Å². The Morgan fingerprint density at radius 1 is 1.56 bits per heavy atom. The molecular weight excluding hydrogens is 278 g/mol. The number of carbonyl (C=O) groups excluding carboxylic acids is 1. The molecule has 6 heteroatoms. The van der Waals surface area contributed by atoms with Gasteiger partial charge in [-0.3, -0.25) is 4.79 Å². The van der Waals surface area contributed by atoms with Crippen molar-refractivity contribution in [2.75, 3.05) is 6.54 Å². The number of halogens is 3. The van der Waals surface area contributed by atoms with Crippen LogP contribution in [0.15, 0.2) is 18.2 Å². The third-order valence-electron chi connectivity index (χ3n) is 2.83. The maximum atomic E-state index is 12.9. The van der Waals surface area contributed by atoms with Gasteiger partial charge in [0, 0.05) is 6.54 Å². The highest BCUT2D eigenvalue weighted by molar-refractivity contribution is 6.30. The summed E-state index contributed by atoms with van der Waals surface area (Å²) in [6, 6.07) is 4.35. The van der Waals surface area contributed by atoms with Gasteiger partial charge in [-0.15, -0.1) is 12.4 Å². The minimum Gasteiger partial charge on any atom is -0.351 e. The third-order valence-corrected chi connectivity index (χ3v) is 3.12. The molecule has 1 aliphatic rings. The lowest BCUT2D eigenvalue weighted by Gasteiger charge is -2.11. The molecule has 1 atom stereocenters. The highest BCUT2D eigenvalue weighted by atomic mass is 35.5. The van der Waals surface area contributed by atoms with Gasteiger partial charge in [0.25, 0.3) is 0 Å². The smallest absolute Gasteiger partial charge is 0.237 e. The number of amides is 1. The van der Waals surface area contributed by atoms with Crippen molar-refractivity contribution in [1.29, 1.82) is 0 Å². The van der Waals surface area contributed by atoms with Crippen LogP contribution in [0.2, 0.25) is 5.02 Å². The first kappa shape index (κ1) is 15.2. The quantitative estimate of drug-likeness (QED) is 0.897. The topological polar surface area (TPSA) is 41.1 Å². The van der Waals surface area contributed by atoms with E-state index in [0.717, 1.165) is 24.9 Å². The summed E-state index contributed by atoms with van der Waals surface area (Å²) >= 11 is 5.66. The number of hydrogen-bond donors (Lipinski definition) is 2. The van der Waals surface area contributed by atoms with E-state index in [0.29, 0.717) is 6.54 Å². The minimum atomic E-state index is -0.445. The molecule has 0 aromatic heterocycles. The van der Waals surface area contributed by atoms with Crippen LogP contribution >= 0.6 is 24.0 Å². The summed E-state index contributed by atoms with van der Waals surface area (Å²) < 4.78 is 12.9. The van der Waals surface area contributed by atoms with Crippen molar-refractivity contribution in [3.8, 4) is 0 Å². The molecule has 0 radical (unpaired) electrons. The summed E-state index contributed by atoms with van der Waals surface area (Å²) in [7, 11) is 0. The predicted octanol–water partition coefficient (Wildman–Crippen LogP) is 2.27. The van der Waals surface area contributed by atoms with Gasteiger partial charge in [0.1, 0.15) is 5.82 Å². The number of nitrogens with one attached hydrogen (secondary N) is 2. The van der Waals surface area contributed by atoms with Crippen LogP contribution in [0.1, 0.15) is 18.4 Å². The second-order valence-corrected chi connectivity index (χ2v) is 4.52. The Bertz CT molecular complexity index is 423. The monoisotopic (exact) mass is 292 g/mol. The maximum absolute atomic E-state index is 12.9. The van der Waals surface area contributed by atoms with Crippen molar-refractivity contribution in [2.24, 2.45) is 0 Å². The average Bonchev–Trinajstić information content (AvgIpc) is 2.84. The lowest BCUT2D eigenvalue weighted by molar-refractivity contribution is -0.122. The maximum Gasteiger partial charge on any atom is 0.237 e. The molecule has 1 aromatic rings. The molecule has 1 unspecified atom stereocenters. The van der Waals surface area contributed by atoms with Crippen LogP contribution in [-0.2, 0) is 11.3 Å². The molecule has 0 aliphatic carbocycles. The van der Waals surface area contributed by atoms with Crippen LogP contribution in [-0.4, -0.2) is 18.5 Å². The highest BCUT2D eigenvalue weighted by Gasteiger charge is 2.21. The molecule has 1 amide bonds. The van der Waals surface area contributed by atoms with Crippen molar-refractivity contribution < 1.29 is 9.18 Å². The van der Waals surface area contributed by atoms with Gasteiger partial charge in [-0.2, -0.15) is 0 Å². The van der Waals surface area contributed by atoms with Gasteiger partial charge in [0.2, 0.25) is 5.91 Å². The number of benzene rings is 1. The van der Waals surface area contributed by atoms with E-state index in [1.807, 2.05) is 0 Å². The van der Waals surface area contributed by atoms with E-state index in [1.54, 1.807) is 6.07 Å². The minimum absolute atomic E-state index is 0. The summed E-state index contributed by atoms with van der Waals surface area (Å²) in [5.74, 6) is -0.456. The standard InChI is InChI=1S/C12H14ClFN2O.ClH/c13-9-6-8(3-4-10(9)14)7-16-12(17)11-2-1-5-15-11;/h3-4,6,11,15H,1-2,5,7H2,(H,16,17);1H. The number of rotatable bonds is 3. The van der Waals surface area contributed by atoms with E-state index in [-0.39, 0.29) is 29.4 Å². The van der Waals surface area contributed by atoms with Gasteiger partial charge in [-0.25, -0.2) is 4.39 Å². The van der Waals surface area contributed by atoms with Gasteiger partial charge in [-0.1, -0.05) is 17.7 Å². The van der Waals surface area contributed by atoms with Crippen LogP contribution < -0.4 is 10.6 Å². The van der Waals surface area contributed by atoms with E-state index in [4.69, 9.17) is 11.6 Å².